The monoisotopic (exact) mass is 366 g/mol. The van der Waals surface area contributed by atoms with Gasteiger partial charge in [0.25, 0.3) is 0 Å². The highest BCUT2D eigenvalue weighted by Gasteiger charge is 2.12. The molecule has 0 saturated carbocycles. The number of rotatable bonds is 6. The van der Waals surface area contributed by atoms with Gasteiger partial charge in [-0.05, 0) is 25.0 Å². The van der Waals surface area contributed by atoms with E-state index in [1.807, 2.05) is 29.6 Å². The van der Waals surface area contributed by atoms with Crippen molar-refractivity contribution in [2.75, 3.05) is 0 Å². The highest BCUT2D eigenvalue weighted by molar-refractivity contribution is 9.10. The molecule has 0 spiro atoms. The van der Waals surface area contributed by atoms with Gasteiger partial charge < -0.3 is 5.32 Å². The van der Waals surface area contributed by atoms with Crippen LogP contribution in [0, 0.1) is 0 Å². The van der Waals surface area contributed by atoms with E-state index in [2.05, 4.69) is 40.1 Å². The van der Waals surface area contributed by atoms with Crippen LogP contribution in [-0.4, -0.2) is 16.9 Å². The third kappa shape index (κ3) is 4.64. The molecule has 2 aromatic rings. The van der Waals surface area contributed by atoms with Gasteiger partial charge in [-0.2, -0.15) is 0 Å². The van der Waals surface area contributed by atoms with Gasteiger partial charge >= 0.3 is 0 Å². The predicted molar refractivity (Wildman–Crippen MR) is 91.5 cm³/mol. The van der Waals surface area contributed by atoms with Gasteiger partial charge in [-0.25, -0.2) is 4.98 Å². The van der Waals surface area contributed by atoms with Crippen molar-refractivity contribution in [3.8, 4) is 10.6 Å². The first kappa shape index (κ1) is 16.2. The van der Waals surface area contributed by atoms with Gasteiger partial charge in [0, 0.05) is 21.5 Å². The first-order chi connectivity index (χ1) is 10.1. The maximum atomic E-state index is 12.0. The fourth-order valence-corrected chi connectivity index (χ4v) is 3.29. The summed E-state index contributed by atoms with van der Waals surface area (Å²) in [7, 11) is 0. The highest BCUT2D eigenvalue weighted by atomic mass is 79.9. The maximum absolute atomic E-state index is 12.0. The van der Waals surface area contributed by atoms with Crippen molar-refractivity contribution in [3.05, 3.63) is 39.8 Å². The lowest BCUT2D eigenvalue weighted by atomic mass is 10.1. The van der Waals surface area contributed by atoms with E-state index in [0.29, 0.717) is 6.42 Å². The van der Waals surface area contributed by atoms with Gasteiger partial charge in [-0.1, -0.05) is 41.9 Å². The van der Waals surface area contributed by atoms with Crippen LogP contribution in [0.5, 0.6) is 0 Å². The van der Waals surface area contributed by atoms with E-state index in [1.54, 1.807) is 11.3 Å². The number of aromatic nitrogens is 1. The number of thiazole rings is 1. The van der Waals surface area contributed by atoms with Crippen LogP contribution in [0.15, 0.2) is 34.1 Å². The van der Waals surface area contributed by atoms with Crippen LogP contribution < -0.4 is 5.32 Å². The van der Waals surface area contributed by atoms with Crippen LogP contribution in [-0.2, 0) is 11.2 Å². The fourth-order valence-electron chi connectivity index (χ4n) is 2.08. The minimum atomic E-state index is 0.0507. The molecule has 112 valence electrons. The number of halogens is 1. The van der Waals surface area contributed by atoms with E-state index in [4.69, 9.17) is 0 Å². The second kappa shape index (κ2) is 7.71. The number of nitrogens with one attached hydrogen (secondary N) is 1. The summed E-state index contributed by atoms with van der Waals surface area (Å²) in [5.74, 6) is 0.0507. The number of carbonyl (C=O) groups is 1. The lowest BCUT2D eigenvalue weighted by molar-refractivity contribution is -0.121. The summed E-state index contributed by atoms with van der Waals surface area (Å²) in [6.07, 6.45) is 2.27. The van der Waals surface area contributed by atoms with Crippen LogP contribution in [0.2, 0.25) is 0 Å². The molecule has 0 fully saturated rings. The Balaban J connectivity index is 2.02. The predicted octanol–water partition coefficient (Wildman–Crippen LogP) is 4.42. The van der Waals surface area contributed by atoms with Gasteiger partial charge in [-0.15, -0.1) is 11.3 Å². The number of benzene rings is 1. The molecule has 0 bridgehead atoms. The van der Waals surface area contributed by atoms with E-state index in [-0.39, 0.29) is 11.9 Å². The van der Waals surface area contributed by atoms with Crippen LogP contribution in [0.3, 0.4) is 0 Å². The van der Waals surface area contributed by atoms with Crippen LogP contribution in [0.4, 0.5) is 0 Å². The first-order valence-corrected chi connectivity index (χ1v) is 8.79. The summed E-state index contributed by atoms with van der Waals surface area (Å²) in [5.41, 5.74) is 1.90. The number of nitrogens with zero attached hydrogens (tertiary/aromatic N) is 1. The Morgan fingerprint density at radius 1 is 1.38 bits per heavy atom. The largest absolute Gasteiger partial charge is 0.353 e. The summed E-state index contributed by atoms with van der Waals surface area (Å²) in [6, 6.07) is 8.30. The first-order valence-electron chi connectivity index (χ1n) is 7.12. The molecule has 1 N–H and O–H groups in total. The Kier molecular flexibility index (Phi) is 5.94. The molecule has 5 heteroatoms. The number of hydrogen-bond acceptors (Lipinski definition) is 3. The van der Waals surface area contributed by atoms with Gasteiger partial charge in [0.2, 0.25) is 5.91 Å². The van der Waals surface area contributed by atoms with Crippen molar-refractivity contribution in [1.29, 1.82) is 0 Å². The molecule has 1 aromatic heterocycles. The smallest absolute Gasteiger partial charge is 0.226 e. The van der Waals surface area contributed by atoms with Crippen molar-refractivity contribution >= 4 is 33.2 Å². The van der Waals surface area contributed by atoms with Crippen molar-refractivity contribution in [3.63, 3.8) is 0 Å². The van der Waals surface area contributed by atoms with Gasteiger partial charge in [0.1, 0.15) is 5.01 Å². The minimum Gasteiger partial charge on any atom is -0.353 e. The number of hydrogen-bond donors (Lipinski definition) is 1. The summed E-state index contributed by atoms with van der Waals surface area (Å²) >= 11 is 5.03. The van der Waals surface area contributed by atoms with Crippen LogP contribution in [0.1, 0.15) is 32.4 Å². The Bertz CT molecular complexity index is 608. The van der Waals surface area contributed by atoms with E-state index in [9.17, 15) is 4.79 Å². The zero-order valence-electron chi connectivity index (χ0n) is 12.2. The molecule has 3 nitrogen and oxygen atoms in total. The second-order valence-corrected chi connectivity index (χ2v) is 6.69. The summed E-state index contributed by atoms with van der Waals surface area (Å²) in [6.45, 7) is 4.17. The molecule has 0 atom stereocenters. The summed E-state index contributed by atoms with van der Waals surface area (Å²) < 4.78 is 1.03. The molecule has 0 radical (unpaired) electrons. The number of amides is 1. The van der Waals surface area contributed by atoms with Crippen molar-refractivity contribution in [1.82, 2.24) is 10.3 Å². The van der Waals surface area contributed by atoms with Gasteiger partial charge in [-0.3, -0.25) is 4.79 Å². The Morgan fingerprint density at radius 2 is 2.14 bits per heavy atom. The Morgan fingerprint density at radius 3 is 2.81 bits per heavy atom. The molecule has 1 amide bonds. The van der Waals surface area contributed by atoms with Gasteiger partial charge in [0.05, 0.1) is 12.1 Å². The van der Waals surface area contributed by atoms with E-state index in [1.165, 1.54) is 0 Å². The molecular formula is C16H19BrN2OS. The molecule has 0 aliphatic carbocycles. The van der Waals surface area contributed by atoms with Gasteiger partial charge in [0.15, 0.2) is 0 Å². The third-order valence-electron chi connectivity index (χ3n) is 3.32. The molecule has 21 heavy (non-hydrogen) atoms. The van der Waals surface area contributed by atoms with Crippen LogP contribution >= 0.6 is 27.3 Å². The maximum Gasteiger partial charge on any atom is 0.226 e. The van der Waals surface area contributed by atoms with Crippen molar-refractivity contribution in [2.24, 2.45) is 0 Å². The normalized spacial score (nSPS) is 10.9. The third-order valence-corrected chi connectivity index (χ3v) is 4.75. The molecule has 1 heterocycles. The topological polar surface area (TPSA) is 42.0 Å². The SMILES string of the molecule is CCC(CC)NC(=O)Cc1csc(-c2cccc(Br)c2)n1. The quantitative estimate of drug-likeness (QED) is 0.821. The number of carbonyl (C=O) groups excluding carboxylic acids is 1. The van der Waals surface area contributed by atoms with Crippen molar-refractivity contribution in [2.45, 2.75) is 39.2 Å². The molecule has 0 saturated heterocycles. The minimum absolute atomic E-state index is 0.0507. The Labute approximate surface area is 137 Å². The van der Waals surface area contributed by atoms with Crippen LogP contribution in [0.25, 0.3) is 10.6 Å². The summed E-state index contributed by atoms with van der Waals surface area (Å²) in [5, 5.41) is 5.95. The molecule has 0 aliphatic heterocycles. The highest BCUT2D eigenvalue weighted by Crippen LogP contribution is 2.26. The molecular weight excluding hydrogens is 348 g/mol. The average Bonchev–Trinajstić information content (AvgIpc) is 2.93. The second-order valence-electron chi connectivity index (χ2n) is 4.91. The van der Waals surface area contributed by atoms with E-state index in [0.717, 1.165) is 33.6 Å². The lowest BCUT2D eigenvalue weighted by Crippen LogP contribution is -2.34. The zero-order valence-corrected chi connectivity index (χ0v) is 14.6. The van der Waals surface area contributed by atoms with Crippen molar-refractivity contribution < 1.29 is 4.79 Å². The molecule has 0 aliphatic rings. The Hall–Kier alpha value is -1.20. The lowest BCUT2D eigenvalue weighted by Gasteiger charge is -2.13. The standard InChI is InChI=1S/C16H19BrN2OS/c1-3-13(4-2)18-15(20)9-14-10-21-16(19-14)11-6-5-7-12(17)8-11/h5-8,10,13H,3-4,9H2,1-2H3,(H,18,20). The molecule has 1 aromatic carbocycles. The molecule has 0 unspecified atom stereocenters. The summed E-state index contributed by atoms with van der Waals surface area (Å²) in [4.78, 5) is 16.5. The van der Waals surface area contributed by atoms with E-state index < -0.39 is 0 Å². The zero-order chi connectivity index (χ0) is 15.2. The molecule has 2 rings (SSSR count). The average molecular weight is 367 g/mol. The van der Waals surface area contributed by atoms with E-state index >= 15 is 0 Å². The fraction of sp³-hybridized carbons (Fsp3) is 0.375.